The van der Waals surface area contributed by atoms with E-state index in [-0.39, 0.29) is 30.1 Å². The van der Waals surface area contributed by atoms with Crippen LogP contribution in [0.25, 0.3) is 0 Å². The molecule has 7 nitrogen and oxygen atoms in total. The van der Waals surface area contributed by atoms with Crippen molar-refractivity contribution >= 4 is 29.8 Å². The van der Waals surface area contributed by atoms with Crippen molar-refractivity contribution in [1.82, 2.24) is 14.9 Å². The summed E-state index contributed by atoms with van der Waals surface area (Å²) in [5.74, 6) is -0.674. The first kappa shape index (κ1) is 19.0. The number of aliphatic imine (C=N–C) groups is 1. The van der Waals surface area contributed by atoms with Crippen LogP contribution in [0, 0.1) is 5.92 Å². The van der Waals surface area contributed by atoms with E-state index in [2.05, 4.69) is 15.0 Å². The van der Waals surface area contributed by atoms with Crippen molar-refractivity contribution in [3.63, 3.8) is 0 Å². The predicted molar refractivity (Wildman–Crippen MR) is 101 cm³/mol. The van der Waals surface area contributed by atoms with Crippen LogP contribution in [0.1, 0.15) is 24.1 Å². The second-order valence-electron chi connectivity index (χ2n) is 6.15. The number of carbonyl (C=O) groups is 2. The van der Waals surface area contributed by atoms with Gasteiger partial charge in [-0.2, -0.15) is 0 Å². The Bertz CT molecular complexity index is 829. The van der Waals surface area contributed by atoms with E-state index in [1.54, 1.807) is 4.90 Å². The van der Waals surface area contributed by atoms with E-state index < -0.39 is 6.09 Å². The van der Waals surface area contributed by atoms with Crippen molar-refractivity contribution in [2.24, 2.45) is 10.9 Å². The third-order valence-corrected chi connectivity index (χ3v) is 4.52. The van der Waals surface area contributed by atoms with Crippen LogP contribution in [0.15, 0.2) is 47.7 Å². The van der Waals surface area contributed by atoms with Gasteiger partial charge in [-0.1, -0.05) is 41.9 Å². The third kappa shape index (κ3) is 5.34. The van der Waals surface area contributed by atoms with Gasteiger partial charge in [-0.05, 0) is 18.4 Å². The first-order chi connectivity index (χ1) is 13.1. The standard InChI is InChI=1S/C19H19ClN4O3/c20-17-16(21-8-9-22-17)11-23-18(25)15-7-4-10-24(12-15)19(26)27-13-14-5-2-1-3-6-14/h1-3,5-6,8-9,11,15H,4,7,10,12-13H2. The Morgan fingerprint density at radius 2 is 2.04 bits per heavy atom. The molecule has 27 heavy (non-hydrogen) atoms. The van der Waals surface area contributed by atoms with E-state index in [1.165, 1.54) is 18.6 Å². The van der Waals surface area contributed by atoms with Gasteiger partial charge in [0.1, 0.15) is 12.3 Å². The van der Waals surface area contributed by atoms with Gasteiger partial charge in [0.05, 0.1) is 12.1 Å². The number of halogens is 1. The number of hydrogen-bond acceptors (Lipinski definition) is 5. The smallest absolute Gasteiger partial charge is 0.410 e. The van der Waals surface area contributed by atoms with Crippen LogP contribution in [0.5, 0.6) is 0 Å². The highest BCUT2D eigenvalue weighted by molar-refractivity contribution is 6.31. The molecule has 0 bridgehead atoms. The fraction of sp³-hybridized carbons (Fsp3) is 0.316. The maximum atomic E-state index is 12.4. The number of amides is 2. The zero-order valence-corrected chi connectivity index (χ0v) is 15.4. The third-order valence-electron chi connectivity index (χ3n) is 4.23. The molecule has 0 saturated carbocycles. The summed E-state index contributed by atoms with van der Waals surface area (Å²) < 4.78 is 5.34. The van der Waals surface area contributed by atoms with Crippen LogP contribution in [0.2, 0.25) is 5.15 Å². The number of benzene rings is 1. The summed E-state index contributed by atoms with van der Waals surface area (Å²) >= 11 is 5.90. The molecule has 0 spiro atoms. The molecular formula is C19H19ClN4O3. The van der Waals surface area contributed by atoms with Crippen molar-refractivity contribution < 1.29 is 14.3 Å². The van der Waals surface area contributed by atoms with Crippen LogP contribution >= 0.6 is 11.6 Å². The fourth-order valence-electron chi connectivity index (χ4n) is 2.80. The molecule has 1 aliphatic rings. The molecule has 0 N–H and O–H groups in total. The van der Waals surface area contributed by atoms with Crippen LogP contribution in [-0.4, -0.2) is 46.2 Å². The van der Waals surface area contributed by atoms with Crippen molar-refractivity contribution in [3.8, 4) is 0 Å². The lowest BCUT2D eigenvalue weighted by Crippen LogP contribution is -2.42. The van der Waals surface area contributed by atoms with Crippen molar-refractivity contribution in [1.29, 1.82) is 0 Å². The molecule has 1 aliphatic heterocycles. The molecule has 3 rings (SSSR count). The van der Waals surface area contributed by atoms with Crippen LogP contribution in [0.3, 0.4) is 0 Å². The Labute approximate surface area is 162 Å². The van der Waals surface area contributed by atoms with Gasteiger partial charge < -0.3 is 9.64 Å². The minimum atomic E-state index is -0.419. The van der Waals surface area contributed by atoms with E-state index in [4.69, 9.17) is 16.3 Å². The van der Waals surface area contributed by atoms with E-state index in [0.717, 1.165) is 12.0 Å². The first-order valence-corrected chi connectivity index (χ1v) is 9.01. The van der Waals surface area contributed by atoms with Gasteiger partial charge in [0, 0.05) is 25.5 Å². The summed E-state index contributed by atoms with van der Waals surface area (Å²) in [5, 5.41) is 0.184. The van der Waals surface area contributed by atoms with E-state index >= 15 is 0 Å². The lowest BCUT2D eigenvalue weighted by molar-refractivity contribution is -0.122. The van der Waals surface area contributed by atoms with Crippen molar-refractivity contribution in [3.05, 3.63) is 59.1 Å². The fourth-order valence-corrected chi connectivity index (χ4v) is 2.96. The molecule has 1 saturated heterocycles. The monoisotopic (exact) mass is 386 g/mol. The maximum absolute atomic E-state index is 12.4. The normalized spacial score (nSPS) is 17.1. The molecule has 0 aliphatic carbocycles. The molecule has 8 heteroatoms. The molecule has 1 atom stereocenters. The number of ether oxygens (including phenoxy) is 1. The van der Waals surface area contributed by atoms with E-state index in [9.17, 15) is 9.59 Å². The summed E-state index contributed by atoms with van der Waals surface area (Å²) in [7, 11) is 0. The molecule has 2 amide bonds. The first-order valence-electron chi connectivity index (χ1n) is 8.63. The topological polar surface area (TPSA) is 84.8 Å². The highest BCUT2D eigenvalue weighted by Crippen LogP contribution is 2.19. The molecule has 1 unspecified atom stereocenters. The zero-order chi connectivity index (χ0) is 19.1. The lowest BCUT2D eigenvalue weighted by Gasteiger charge is -2.30. The molecule has 140 valence electrons. The molecule has 1 aromatic carbocycles. The predicted octanol–water partition coefficient (Wildman–Crippen LogP) is 3.12. The number of carbonyl (C=O) groups excluding carboxylic acids is 2. The Hall–Kier alpha value is -2.80. The minimum absolute atomic E-state index is 0.184. The van der Waals surface area contributed by atoms with Crippen molar-refractivity contribution in [2.45, 2.75) is 19.4 Å². The summed E-state index contributed by atoms with van der Waals surface area (Å²) in [6, 6.07) is 9.46. The highest BCUT2D eigenvalue weighted by atomic mass is 35.5. The Kier molecular flexibility index (Phi) is 6.49. The van der Waals surface area contributed by atoms with E-state index in [0.29, 0.717) is 18.7 Å². The van der Waals surface area contributed by atoms with Gasteiger partial charge in [0.2, 0.25) is 0 Å². The summed E-state index contributed by atoms with van der Waals surface area (Å²) in [6.45, 7) is 1.06. The summed E-state index contributed by atoms with van der Waals surface area (Å²) in [5.41, 5.74) is 1.25. The van der Waals surface area contributed by atoms with Crippen LogP contribution in [0.4, 0.5) is 4.79 Å². The van der Waals surface area contributed by atoms with E-state index in [1.807, 2.05) is 30.3 Å². The molecule has 0 radical (unpaired) electrons. The van der Waals surface area contributed by atoms with Gasteiger partial charge in [0.25, 0.3) is 5.91 Å². The Morgan fingerprint density at radius 3 is 2.81 bits per heavy atom. The quantitative estimate of drug-likeness (QED) is 0.753. The number of likely N-dealkylation sites (tertiary alicyclic amines) is 1. The number of rotatable bonds is 4. The number of aromatic nitrogens is 2. The SMILES string of the molecule is O=C(N=Cc1nccnc1Cl)C1CCCN(C(=O)OCc2ccccc2)C1. The summed E-state index contributed by atoms with van der Waals surface area (Å²) in [4.78, 5) is 38.0. The largest absolute Gasteiger partial charge is 0.445 e. The maximum Gasteiger partial charge on any atom is 0.410 e. The minimum Gasteiger partial charge on any atom is -0.445 e. The number of piperidine rings is 1. The molecule has 1 aromatic heterocycles. The zero-order valence-electron chi connectivity index (χ0n) is 14.6. The van der Waals surface area contributed by atoms with Gasteiger partial charge in [-0.15, -0.1) is 0 Å². The number of hydrogen-bond donors (Lipinski definition) is 0. The molecular weight excluding hydrogens is 368 g/mol. The number of nitrogens with zero attached hydrogens (tertiary/aromatic N) is 4. The molecule has 2 heterocycles. The second-order valence-corrected chi connectivity index (χ2v) is 6.51. The average molecular weight is 387 g/mol. The van der Waals surface area contributed by atoms with Gasteiger partial charge in [-0.25, -0.2) is 14.8 Å². The van der Waals surface area contributed by atoms with Crippen LogP contribution in [-0.2, 0) is 16.1 Å². The Balaban J connectivity index is 1.54. The second kappa shape index (κ2) is 9.23. The van der Waals surface area contributed by atoms with Crippen molar-refractivity contribution in [2.75, 3.05) is 13.1 Å². The Morgan fingerprint density at radius 1 is 1.26 bits per heavy atom. The highest BCUT2D eigenvalue weighted by Gasteiger charge is 2.29. The van der Waals surface area contributed by atoms with Gasteiger partial charge in [0.15, 0.2) is 5.15 Å². The molecule has 1 fully saturated rings. The lowest BCUT2D eigenvalue weighted by atomic mass is 9.98. The van der Waals surface area contributed by atoms with Crippen LogP contribution < -0.4 is 0 Å². The summed E-state index contributed by atoms with van der Waals surface area (Å²) in [6.07, 6.45) is 5.22. The molecule has 2 aromatic rings. The average Bonchev–Trinajstić information content (AvgIpc) is 2.72. The van der Waals surface area contributed by atoms with Gasteiger partial charge in [-0.3, -0.25) is 9.78 Å². The van der Waals surface area contributed by atoms with Gasteiger partial charge >= 0.3 is 6.09 Å².